The van der Waals surface area contributed by atoms with E-state index in [1.165, 1.54) is 4.31 Å². The van der Waals surface area contributed by atoms with Gasteiger partial charge in [-0.3, -0.25) is 4.31 Å². The van der Waals surface area contributed by atoms with E-state index in [9.17, 15) is 8.42 Å². The summed E-state index contributed by atoms with van der Waals surface area (Å²) in [6.45, 7) is 1.91. The van der Waals surface area contributed by atoms with Gasteiger partial charge in [0, 0.05) is 10.6 Å². The summed E-state index contributed by atoms with van der Waals surface area (Å²) in [5.41, 5.74) is 3.51. The Hall–Kier alpha value is -2.30. The number of nitrogens with zero attached hydrogens (tertiary/aromatic N) is 1. The zero-order chi connectivity index (χ0) is 17.6. The first-order valence-corrected chi connectivity index (χ1v) is 9.80. The van der Waals surface area contributed by atoms with Crippen molar-refractivity contribution in [1.29, 1.82) is 0 Å². The minimum absolute atomic E-state index is 0.271. The van der Waals surface area contributed by atoms with Crippen LogP contribution in [0.4, 0.5) is 5.69 Å². The average Bonchev–Trinajstić information content (AvgIpc) is 2.62. The summed E-state index contributed by atoms with van der Waals surface area (Å²) in [5.74, 6) is 0. The van der Waals surface area contributed by atoms with Crippen molar-refractivity contribution >= 4 is 27.3 Å². The molecule has 126 valence electrons. The molecule has 3 aromatic rings. The third-order valence-electron chi connectivity index (χ3n) is 4.55. The van der Waals surface area contributed by atoms with Gasteiger partial charge in [-0.25, -0.2) is 8.42 Å². The van der Waals surface area contributed by atoms with Gasteiger partial charge >= 0.3 is 0 Å². The van der Waals surface area contributed by atoms with Crippen LogP contribution in [-0.4, -0.2) is 8.42 Å². The van der Waals surface area contributed by atoms with Crippen LogP contribution in [0.2, 0.25) is 5.02 Å². The highest BCUT2D eigenvalue weighted by atomic mass is 35.5. The summed E-state index contributed by atoms with van der Waals surface area (Å²) < 4.78 is 28.2. The Kier molecular flexibility index (Phi) is 3.82. The lowest BCUT2D eigenvalue weighted by molar-refractivity contribution is 0.582. The van der Waals surface area contributed by atoms with Gasteiger partial charge in [0.15, 0.2) is 0 Å². The van der Waals surface area contributed by atoms with Crippen molar-refractivity contribution in [3.05, 3.63) is 83.4 Å². The van der Waals surface area contributed by atoms with Crippen LogP contribution in [0, 0.1) is 0 Å². The van der Waals surface area contributed by atoms with Gasteiger partial charge in [-0.15, -0.1) is 0 Å². The normalized spacial score (nSPS) is 16.2. The van der Waals surface area contributed by atoms with Gasteiger partial charge in [0.05, 0.1) is 16.6 Å². The van der Waals surface area contributed by atoms with Crippen LogP contribution in [0.3, 0.4) is 0 Å². The topological polar surface area (TPSA) is 37.4 Å². The van der Waals surface area contributed by atoms with E-state index in [2.05, 4.69) is 0 Å². The molecule has 1 heterocycles. The Morgan fingerprint density at radius 3 is 2.32 bits per heavy atom. The SMILES string of the molecule is CC1c2ccccc2-c2ccc(Cl)cc2N1S(=O)(=O)c1ccccc1. The molecule has 1 atom stereocenters. The quantitative estimate of drug-likeness (QED) is 0.616. The van der Waals surface area contributed by atoms with Crippen LogP contribution in [0.25, 0.3) is 11.1 Å². The number of hydrogen-bond donors (Lipinski definition) is 0. The number of hydrogen-bond acceptors (Lipinski definition) is 2. The van der Waals surface area contributed by atoms with Crippen LogP contribution < -0.4 is 4.31 Å². The lowest BCUT2D eigenvalue weighted by Crippen LogP contribution is -2.36. The fourth-order valence-electron chi connectivity index (χ4n) is 3.40. The van der Waals surface area contributed by atoms with Crippen molar-refractivity contribution in [2.75, 3.05) is 4.31 Å². The van der Waals surface area contributed by atoms with Crippen molar-refractivity contribution in [3.8, 4) is 11.1 Å². The van der Waals surface area contributed by atoms with Gasteiger partial charge in [-0.1, -0.05) is 60.1 Å². The molecule has 1 aliphatic rings. The maximum Gasteiger partial charge on any atom is 0.264 e. The summed E-state index contributed by atoms with van der Waals surface area (Å²) in [7, 11) is -3.71. The molecular formula is C20H16ClNO2S. The van der Waals surface area contributed by atoms with Crippen LogP contribution in [0.1, 0.15) is 18.5 Å². The maximum atomic E-state index is 13.4. The number of halogens is 1. The van der Waals surface area contributed by atoms with Crippen molar-refractivity contribution in [1.82, 2.24) is 0 Å². The van der Waals surface area contributed by atoms with E-state index >= 15 is 0 Å². The number of fused-ring (bicyclic) bond motifs is 3. The van der Waals surface area contributed by atoms with E-state index in [0.717, 1.165) is 16.7 Å². The van der Waals surface area contributed by atoms with E-state index in [1.807, 2.05) is 37.3 Å². The van der Waals surface area contributed by atoms with E-state index in [4.69, 9.17) is 11.6 Å². The Balaban J connectivity index is 2.00. The highest BCUT2D eigenvalue weighted by molar-refractivity contribution is 7.92. The Labute approximate surface area is 152 Å². The number of sulfonamides is 1. The van der Waals surface area contributed by atoms with E-state index in [1.54, 1.807) is 42.5 Å². The fourth-order valence-corrected chi connectivity index (χ4v) is 5.23. The Morgan fingerprint density at radius 1 is 0.880 bits per heavy atom. The summed E-state index contributed by atoms with van der Waals surface area (Å²) >= 11 is 6.19. The first-order chi connectivity index (χ1) is 12.0. The van der Waals surface area contributed by atoms with Crippen molar-refractivity contribution in [2.45, 2.75) is 17.9 Å². The number of rotatable bonds is 2. The molecule has 0 saturated carbocycles. The lowest BCUT2D eigenvalue weighted by atomic mass is 9.90. The molecular weight excluding hydrogens is 354 g/mol. The van der Waals surface area contributed by atoms with Gasteiger partial charge < -0.3 is 0 Å². The second kappa shape index (κ2) is 5.90. The first kappa shape index (κ1) is 16.2. The third-order valence-corrected chi connectivity index (χ3v) is 6.68. The summed E-state index contributed by atoms with van der Waals surface area (Å²) in [5, 5.41) is 0.513. The number of anilines is 1. The van der Waals surface area contributed by atoms with Gasteiger partial charge in [0.2, 0.25) is 0 Å². The molecule has 0 bridgehead atoms. The van der Waals surface area contributed by atoms with Crippen molar-refractivity contribution in [2.24, 2.45) is 0 Å². The largest absolute Gasteiger partial charge is 0.264 e. The molecule has 25 heavy (non-hydrogen) atoms. The smallest absolute Gasteiger partial charge is 0.258 e. The molecule has 0 N–H and O–H groups in total. The molecule has 1 unspecified atom stereocenters. The molecule has 1 aliphatic heterocycles. The van der Waals surface area contributed by atoms with Gasteiger partial charge in [0.25, 0.3) is 10.0 Å². The molecule has 0 aliphatic carbocycles. The van der Waals surface area contributed by atoms with Gasteiger partial charge in [0.1, 0.15) is 0 Å². The minimum Gasteiger partial charge on any atom is -0.258 e. The van der Waals surface area contributed by atoms with E-state index in [-0.39, 0.29) is 10.9 Å². The highest BCUT2D eigenvalue weighted by Crippen LogP contribution is 2.47. The lowest BCUT2D eigenvalue weighted by Gasteiger charge is -2.37. The predicted octanol–water partition coefficient (Wildman–Crippen LogP) is 5.28. The predicted molar refractivity (Wildman–Crippen MR) is 101 cm³/mol. The van der Waals surface area contributed by atoms with Gasteiger partial charge in [-0.2, -0.15) is 0 Å². The zero-order valence-electron chi connectivity index (χ0n) is 13.6. The molecule has 4 rings (SSSR count). The monoisotopic (exact) mass is 369 g/mol. The summed E-state index contributed by atoms with van der Waals surface area (Å²) in [6, 6.07) is 21.5. The third kappa shape index (κ3) is 2.53. The van der Waals surface area contributed by atoms with E-state index in [0.29, 0.717) is 10.7 Å². The molecule has 5 heteroatoms. The average molecular weight is 370 g/mol. The Bertz CT molecular complexity index is 1050. The standard InChI is InChI=1S/C20H16ClNO2S/c1-14-17-9-5-6-10-18(17)19-12-11-15(21)13-20(19)22(14)25(23,24)16-7-3-2-4-8-16/h2-14H,1H3. The van der Waals surface area contributed by atoms with Crippen molar-refractivity contribution < 1.29 is 8.42 Å². The second-order valence-corrected chi connectivity index (χ2v) is 8.29. The van der Waals surface area contributed by atoms with Gasteiger partial charge in [-0.05, 0) is 42.3 Å². The summed E-state index contributed by atoms with van der Waals surface area (Å²) in [4.78, 5) is 0.271. The van der Waals surface area contributed by atoms with Crippen LogP contribution in [0.15, 0.2) is 77.7 Å². The van der Waals surface area contributed by atoms with Crippen LogP contribution in [-0.2, 0) is 10.0 Å². The molecule has 3 nitrogen and oxygen atoms in total. The Morgan fingerprint density at radius 2 is 1.56 bits per heavy atom. The van der Waals surface area contributed by atoms with Crippen LogP contribution in [0.5, 0.6) is 0 Å². The zero-order valence-corrected chi connectivity index (χ0v) is 15.1. The van der Waals surface area contributed by atoms with Crippen LogP contribution >= 0.6 is 11.6 Å². The molecule has 0 radical (unpaired) electrons. The fraction of sp³-hybridized carbons (Fsp3) is 0.100. The van der Waals surface area contributed by atoms with E-state index < -0.39 is 10.0 Å². The van der Waals surface area contributed by atoms with Crippen molar-refractivity contribution in [3.63, 3.8) is 0 Å². The highest BCUT2D eigenvalue weighted by Gasteiger charge is 2.36. The number of benzene rings is 3. The molecule has 3 aromatic carbocycles. The maximum absolute atomic E-state index is 13.4. The molecule has 0 aromatic heterocycles. The first-order valence-electron chi connectivity index (χ1n) is 7.98. The molecule has 0 saturated heterocycles. The molecule has 0 amide bonds. The summed E-state index contributed by atoms with van der Waals surface area (Å²) in [6.07, 6.45) is 0. The molecule has 0 spiro atoms. The minimum atomic E-state index is -3.71. The molecule has 0 fully saturated rings. The second-order valence-electron chi connectivity index (χ2n) is 6.04.